The van der Waals surface area contributed by atoms with Gasteiger partial charge in [-0.05, 0) is 35.9 Å². The van der Waals surface area contributed by atoms with Crippen LogP contribution in [0.3, 0.4) is 0 Å². The van der Waals surface area contributed by atoms with Gasteiger partial charge >= 0.3 is 0 Å². The van der Waals surface area contributed by atoms with E-state index in [0.717, 1.165) is 5.56 Å². The lowest BCUT2D eigenvalue weighted by Crippen LogP contribution is -2.14. The van der Waals surface area contributed by atoms with Crippen molar-refractivity contribution < 1.29 is 9.21 Å². The Balaban J connectivity index is 1.53. The highest BCUT2D eigenvalue weighted by Gasteiger charge is 2.13. The van der Waals surface area contributed by atoms with Gasteiger partial charge in [0, 0.05) is 11.9 Å². The lowest BCUT2D eigenvalue weighted by molar-refractivity contribution is -0.115. The molecule has 6 heteroatoms. The van der Waals surface area contributed by atoms with Gasteiger partial charge in [-0.25, -0.2) is 4.98 Å². The minimum absolute atomic E-state index is 0.105. The number of carbonyl (C=O) groups excluding carboxylic acids is 1. The first-order valence-electron chi connectivity index (χ1n) is 8.04. The molecule has 0 radical (unpaired) electrons. The van der Waals surface area contributed by atoms with E-state index in [2.05, 4.69) is 15.3 Å². The Morgan fingerprint density at radius 3 is 2.69 bits per heavy atom. The minimum Gasteiger partial charge on any atom is -0.434 e. The number of halogens is 1. The molecule has 0 unspecified atom stereocenters. The molecule has 5 nitrogen and oxygen atoms in total. The molecule has 26 heavy (non-hydrogen) atoms. The Morgan fingerprint density at radius 2 is 1.92 bits per heavy atom. The number of rotatable bonds is 4. The molecule has 2 aromatic carbocycles. The van der Waals surface area contributed by atoms with Crippen LogP contribution in [0.5, 0.6) is 0 Å². The molecule has 128 valence electrons. The number of pyridine rings is 1. The monoisotopic (exact) mass is 363 g/mol. The Kier molecular flexibility index (Phi) is 4.37. The van der Waals surface area contributed by atoms with Gasteiger partial charge < -0.3 is 9.73 Å². The van der Waals surface area contributed by atoms with Gasteiger partial charge in [0.1, 0.15) is 0 Å². The highest BCUT2D eigenvalue weighted by molar-refractivity contribution is 6.33. The van der Waals surface area contributed by atoms with Gasteiger partial charge in [0.05, 0.1) is 17.0 Å². The van der Waals surface area contributed by atoms with Crippen LogP contribution < -0.4 is 5.32 Å². The molecule has 0 saturated carbocycles. The minimum atomic E-state index is -0.105. The fraction of sp³-hybridized carbons (Fsp3) is 0.0500. The van der Waals surface area contributed by atoms with Gasteiger partial charge in [0.25, 0.3) is 0 Å². The zero-order valence-electron chi connectivity index (χ0n) is 13.6. The fourth-order valence-corrected chi connectivity index (χ4v) is 2.90. The van der Waals surface area contributed by atoms with Crippen molar-refractivity contribution in [1.29, 1.82) is 0 Å². The van der Waals surface area contributed by atoms with Gasteiger partial charge in [-0.3, -0.25) is 4.79 Å². The van der Waals surface area contributed by atoms with Crippen LogP contribution in [-0.4, -0.2) is 15.9 Å². The summed E-state index contributed by atoms with van der Waals surface area (Å²) in [5.74, 6) is 0.289. The molecule has 0 aliphatic rings. The van der Waals surface area contributed by atoms with E-state index in [0.29, 0.717) is 39.8 Å². The molecule has 0 bridgehead atoms. The van der Waals surface area contributed by atoms with E-state index in [1.54, 1.807) is 36.5 Å². The zero-order chi connectivity index (χ0) is 17.9. The number of nitrogens with zero attached hydrogens (tertiary/aromatic N) is 2. The topological polar surface area (TPSA) is 68.0 Å². The van der Waals surface area contributed by atoms with Crippen LogP contribution in [0.2, 0.25) is 5.02 Å². The molecule has 4 aromatic rings. The number of carbonyl (C=O) groups is 1. The second kappa shape index (κ2) is 6.98. The largest absolute Gasteiger partial charge is 0.434 e. The van der Waals surface area contributed by atoms with Crippen LogP contribution in [0, 0.1) is 0 Å². The second-order valence-corrected chi connectivity index (χ2v) is 6.16. The number of nitrogens with one attached hydrogen (secondary N) is 1. The van der Waals surface area contributed by atoms with Gasteiger partial charge in [0.2, 0.25) is 11.8 Å². The highest BCUT2D eigenvalue weighted by Crippen LogP contribution is 2.31. The van der Waals surface area contributed by atoms with Crippen molar-refractivity contribution in [2.45, 2.75) is 6.42 Å². The molecule has 2 aromatic heterocycles. The molecule has 0 aliphatic carbocycles. The number of hydrogen-bond donors (Lipinski definition) is 1. The van der Waals surface area contributed by atoms with Gasteiger partial charge in [-0.2, -0.15) is 4.98 Å². The average molecular weight is 364 g/mol. The third kappa shape index (κ3) is 3.43. The van der Waals surface area contributed by atoms with Crippen molar-refractivity contribution in [2.24, 2.45) is 0 Å². The van der Waals surface area contributed by atoms with Gasteiger partial charge in [-0.1, -0.05) is 41.9 Å². The van der Waals surface area contributed by atoms with Crippen LogP contribution in [0.15, 0.2) is 71.3 Å². The van der Waals surface area contributed by atoms with E-state index in [4.69, 9.17) is 16.0 Å². The maximum atomic E-state index is 12.2. The van der Waals surface area contributed by atoms with Crippen LogP contribution in [0.1, 0.15) is 5.56 Å². The fourth-order valence-electron chi connectivity index (χ4n) is 2.64. The van der Waals surface area contributed by atoms with Crippen LogP contribution in [-0.2, 0) is 11.2 Å². The summed E-state index contributed by atoms with van der Waals surface area (Å²) in [6.07, 6.45) is 1.96. The predicted octanol–water partition coefficient (Wildman–Crippen LogP) is 4.72. The second-order valence-electron chi connectivity index (χ2n) is 5.75. The zero-order valence-corrected chi connectivity index (χ0v) is 14.4. The maximum Gasteiger partial charge on any atom is 0.230 e. The maximum absolute atomic E-state index is 12.2. The first kappa shape index (κ1) is 16.3. The third-order valence-electron chi connectivity index (χ3n) is 3.86. The van der Waals surface area contributed by atoms with Crippen molar-refractivity contribution in [2.75, 3.05) is 5.32 Å². The lowest BCUT2D eigenvalue weighted by atomic mass is 10.1. The van der Waals surface area contributed by atoms with Crippen LogP contribution in [0.25, 0.3) is 22.7 Å². The standard InChI is InChI=1S/C20H14ClN3O2/c21-16-12-14(23-18(25)11-13-5-2-1-3-6-13)8-9-15(16)20-24-19-17(26-20)7-4-10-22-19/h1-10,12H,11H2,(H,23,25). The number of benzene rings is 2. The van der Waals surface area contributed by atoms with Crippen molar-refractivity contribution >= 4 is 34.4 Å². The third-order valence-corrected chi connectivity index (χ3v) is 4.17. The number of aromatic nitrogens is 2. The van der Waals surface area contributed by atoms with Crippen molar-refractivity contribution in [3.8, 4) is 11.5 Å². The molecular formula is C20H14ClN3O2. The smallest absolute Gasteiger partial charge is 0.230 e. The van der Waals surface area contributed by atoms with E-state index in [-0.39, 0.29) is 5.91 Å². The Morgan fingerprint density at radius 1 is 1.08 bits per heavy atom. The summed E-state index contributed by atoms with van der Waals surface area (Å²) in [6.45, 7) is 0. The van der Waals surface area contributed by atoms with E-state index in [9.17, 15) is 4.79 Å². The summed E-state index contributed by atoms with van der Waals surface area (Å²) in [4.78, 5) is 20.7. The van der Waals surface area contributed by atoms with E-state index in [1.807, 2.05) is 30.3 Å². The first-order valence-corrected chi connectivity index (χ1v) is 8.42. The molecule has 0 atom stereocenters. The molecule has 2 heterocycles. The molecular weight excluding hydrogens is 350 g/mol. The Bertz CT molecular complexity index is 1040. The quantitative estimate of drug-likeness (QED) is 0.569. The van der Waals surface area contributed by atoms with E-state index < -0.39 is 0 Å². The molecule has 4 rings (SSSR count). The molecule has 0 spiro atoms. The van der Waals surface area contributed by atoms with Crippen molar-refractivity contribution in [3.05, 3.63) is 77.4 Å². The van der Waals surface area contributed by atoms with Crippen LogP contribution in [0.4, 0.5) is 5.69 Å². The van der Waals surface area contributed by atoms with Crippen molar-refractivity contribution in [3.63, 3.8) is 0 Å². The summed E-state index contributed by atoms with van der Waals surface area (Å²) < 4.78 is 5.69. The van der Waals surface area contributed by atoms with E-state index >= 15 is 0 Å². The summed E-state index contributed by atoms with van der Waals surface area (Å²) in [6, 6.07) is 18.4. The van der Waals surface area contributed by atoms with Gasteiger partial charge in [0.15, 0.2) is 11.2 Å². The summed E-state index contributed by atoms with van der Waals surface area (Å²) in [7, 11) is 0. The van der Waals surface area contributed by atoms with E-state index in [1.165, 1.54) is 0 Å². The SMILES string of the molecule is O=C(Cc1ccccc1)Nc1ccc(-c2nc3ncccc3o2)c(Cl)c1. The molecule has 0 aliphatic heterocycles. The number of amides is 1. The summed E-state index contributed by atoms with van der Waals surface area (Å²) >= 11 is 6.36. The van der Waals surface area contributed by atoms with Gasteiger partial charge in [-0.15, -0.1) is 0 Å². The first-order chi connectivity index (χ1) is 12.7. The summed E-state index contributed by atoms with van der Waals surface area (Å²) in [5.41, 5.74) is 3.34. The number of oxazole rings is 1. The number of anilines is 1. The Labute approximate surface area is 154 Å². The van der Waals surface area contributed by atoms with Crippen LogP contribution >= 0.6 is 11.6 Å². The summed E-state index contributed by atoms with van der Waals surface area (Å²) in [5, 5.41) is 3.29. The average Bonchev–Trinajstić information content (AvgIpc) is 3.06. The molecule has 0 fully saturated rings. The Hall–Kier alpha value is -3.18. The highest BCUT2D eigenvalue weighted by atomic mass is 35.5. The van der Waals surface area contributed by atoms with Crippen molar-refractivity contribution in [1.82, 2.24) is 9.97 Å². The lowest BCUT2D eigenvalue weighted by Gasteiger charge is -2.07. The molecule has 1 amide bonds. The normalized spacial score (nSPS) is 10.8. The molecule has 0 saturated heterocycles. The molecule has 1 N–H and O–H groups in total. The predicted molar refractivity (Wildman–Crippen MR) is 101 cm³/mol. The number of fused-ring (bicyclic) bond motifs is 1. The number of hydrogen-bond acceptors (Lipinski definition) is 4.